The fraction of sp³-hybridized carbons (Fsp3) is 0.167. The van der Waals surface area contributed by atoms with Gasteiger partial charge in [-0.15, -0.1) is 0 Å². The Balaban J connectivity index is 2.85. The van der Waals surface area contributed by atoms with Crippen molar-refractivity contribution in [2.24, 2.45) is 0 Å². The van der Waals surface area contributed by atoms with Gasteiger partial charge in [0.25, 0.3) is 5.91 Å². The molecular weight excluding hydrogens is 220 g/mol. The molecular formula is C12H14N2O3. The summed E-state index contributed by atoms with van der Waals surface area (Å²) in [5.74, 6) is -1.26. The molecule has 0 unspecified atom stereocenters. The predicted molar refractivity (Wildman–Crippen MR) is 64.3 cm³/mol. The first-order valence-corrected chi connectivity index (χ1v) is 4.98. The lowest BCUT2D eigenvalue weighted by atomic mass is 10.1. The molecule has 0 aliphatic rings. The summed E-state index contributed by atoms with van der Waals surface area (Å²) in [4.78, 5) is 22.0. The van der Waals surface area contributed by atoms with E-state index in [1.807, 2.05) is 0 Å². The van der Waals surface area contributed by atoms with Gasteiger partial charge in [0.15, 0.2) is 0 Å². The Morgan fingerprint density at radius 2 is 2.06 bits per heavy atom. The predicted octanol–water partition coefficient (Wildman–Crippen LogP) is 0.991. The van der Waals surface area contributed by atoms with Crippen molar-refractivity contribution in [3.63, 3.8) is 0 Å². The van der Waals surface area contributed by atoms with E-state index in [9.17, 15) is 9.59 Å². The minimum absolute atomic E-state index is 0.236. The van der Waals surface area contributed by atoms with Gasteiger partial charge in [0.1, 0.15) is 0 Å². The minimum atomic E-state index is -1.02. The van der Waals surface area contributed by atoms with Crippen molar-refractivity contribution >= 4 is 18.0 Å². The summed E-state index contributed by atoms with van der Waals surface area (Å²) in [6, 6.07) is 6.72. The van der Waals surface area contributed by atoms with E-state index in [1.165, 1.54) is 6.08 Å². The lowest BCUT2D eigenvalue weighted by molar-refractivity contribution is -0.131. The third kappa shape index (κ3) is 4.48. The van der Waals surface area contributed by atoms with E-state index in [4.69, 9.17) is 5.11 Å². The number of nitrogens with zero attached hydrogens (tertiary/aromatic N) is 1. The van der Waals surface area contributed by atoms with Gasteiger partial charge in [-0.1, -0.05) is 12.1 Å². The largest absolute Gasteiger partial charge is 0.478 e. The molecule has 0 heterocycles. The number of carboxylic acids is 1. The second-order valence-electron chi connectivity index (χ2n) is 3.63. The van der Waals surface area contributed by atoms with Crippen molar-refractivity contribution in [2.75, 3.05) is 14.1 Å². The molecule has 1 amide bonds. The van der Waals surface area contributed by atoms with Crippen molar-refractivity contribution in [3.05, 3.63) is 41.5 Å². The number of benzene rings is 1. The minimum Gasteiger partial charge on any atom is -0.478 e. The molecule has 1 aromatic carbocycles. The van der Waals surface area contributed by atoms with Gasteiger partial charge in [-0.2, -0.15) is 0 Å². The third-order valence-electron chi connectivity index (χ3n) is 1.89. The Labute approximate surface area is 99.3 Å². The van der Waals surface area contributed by atoms with Crippen LogP contribution in [0.5, 0.6) is 0 Å². The van der Waals surface area contributed by atoms with Crippen LogP contribution in [0, 0.1) is 0 Å². The van der Waals surface area contributed by atoms with Gasteiger partial charge < -0.3 is 5.11 Å². The first-order chi connectivity index (χ1) is 7.99. The van der Waals surface area contributed by atoms with E-state index in [1.54, 1.807) is 43.4 Å². The summed E-state index contributed by atoms with van der Waals surface area (Å²) in [5, 5.41) is 10.0. The third-order valence-corrected chi connectivity index (χ3v) is 1.89. The molecule has 0 spiro atoms. The number of hydrogen-bond donors (Lipinski definition) is 2. The lowest BCUT2D eigenvalue weighted by Crippen LogP contribution is -2.36. The van der Waals surface area contributed by atoms with E-state index < -0.39 is 5.97 Å². The number of hydrazine groups is 1. The highest BCUT2D eigenvalue weighted by molar-refractivity contribution is 5.94. The number of hydrogen-bond acceptors (Lipinski definition) is 3. The van der Waals surface area contributed by atoms with E-state index >= 15 is 0 Å². The standard InChI is InChI=1S/C12H14N2O3/c1-14(2)13-12(17)10-5-3-4-9(8-10)6-7-11(15)16/h3-8H,1-2H3,(H,13,17)(H,15,16)/b7-6+. The maximum Gasteiger partial charge on any atom is 0.328 e. The molecule has 0 bridgehead atoms. The van der Waals surface area contributed by atoms with Gasteiger partial charge in [-0.3, -0.25) is 10.2 Å². The molecule has 0 atom stereocenters. The molecule has 0 aliphatic carbocycles. The molecule has 5 nitrogen and oxygen atoms in total. The molecule has 0 saturated heterocycles. The highest BCUT2D eigenvalue weighted by atomic mass is 16.4. The first kappa shape index (κ1) is 12.9. The summed E-state index contributed by atoms with van der Waals surface area (Å²) in [6.07, 6.45) is 2.47. The van der Waals surface area contributed by atoms with Gasteiger partial charge >= 0.3 is 5.97 Å². The Bertz CT molecular complexity index is 453. The van der Waals surface area contributed by atoms with E-state index in [2.05, 4.69) is 5.43 Å². The van der Waals surface area contributed by atoms with Gasteiger partial charge in [0.2, 0.25) is 0 Å². The van der Waals surface area contributed by atoms with Crippen molar-refractivity contribution in [2.45, 2.75) is 0 Å². The van der Waals surface area contributed by atoms with Crippen LogP contribution in [0.1, 0.15) is 15.9 Å². The molecule has 90 valence electrons. The van der Waals surface area contributed by atoms with Crippen LogP contribution < -0.4 is 5.43 Å². The Morgan fingerprint density at radius 1 is 1.35 bits per heavy atom. The van der Waals surface area contributed by atoms with E-state index in [-0.39, 0.29) is 5.91 Å². The Morgan fingerprint density at radius 3 is 2.65 bits per heavy atom. The zero-order valence-electron chi connectivity index (χ0n) is 9.68. The van der Waals surface area contributed by atoms with Crippen molar-refractivity contribution < 1.29 is 14.7 Å². The Hall–Kier alpha value is -2.14. The highest BCUT2D eigenvalue weighted by Crippen LogP contribution is 2.07. The number of nitrogens with one attached hydrogen (secondary N) is 1. The number of amides is 1. The monoisotopic (exact) mass is 234 g/mol. The van der Waals surface area contributed by atoms with Crippen molar-refractivity contribution in [3.8, 4) is 0 Å². The second-order valence-corrected chi connectivity index (χ2v) is 3.63. The fourth-order valence-electron chi connectivity index (χ4n) is 1.22. The number of rotatable bonds is 4. The molecule has 1 aromatic rings. The molecule has 0 radical (unpaired) electrons. The summed E-state index contributed by atoms with van der Waals surface area (Å²) < 4.78 is 0. The first-order valence-electron chi connectivity index (χ1n) is 4.98. The molecule has 0 saturated carbocycles. The summed E-state index contributed by atoms with van der Waals surface area (Å²) >= 11 is 0. The normalized spacial score (nSPS) is 10.8. The highest BCUT2D eigenvalue weighted by Gasteiger charge is 2.05. The van der Waals surface area contributed by atoms with Gasteiger partial charge in [-0.05, 0) is 23.8 Å². The van der Waals surface area contributed by atoms with Gasteiger partial charge in [0.05, 0.1) is 0 Å². The topological polar surface area (TPSA) is 69.6 Å². The summed E-state index contributed by atoms with van der Waals surface area (Å²) in [6.45, 7) is 0. The molecule has 5 heteroatoms. The number of carbonyl (C=O) groups excluding carboxylic acids is 1. The van der Waals surface area contributed by atoms with Crippen LogP contribution in [-0.2, 0) is 4.79 Å². The van der Waals surface area contributed by atoms with Crippen molar-refractivity contribution in [1.29, 1.82) is 0 Å². The van der Waals surface area contributed by atoms with Crippen molar-refractivity contribution in [1.82, 2.24) is 10.4 Å². The lowest BCUT2D eigenvalue weighted by Gasteiger charge is -2.11. The molecule has 0 aromatic heterocycles. The van der Waals surface area contributed by atoms with Crippen LogP contribution in [0.4, 0.5) is 0 Å². The molecule has 1 rings (SSSR count). The maximum atomic E-state index is 11.7. The maximum absolute atomic E-state index is 11.7. The SMILES string of the molecule is CN(C)NC(=O)c1cccc(/C=C/C(=O)O)c1. The average Bonchev–Trinajstić information content (AvgIpc) is 2.26. The van der Waals surface area contributed by atoms with E-state index in [0.717, 1.165) is 6.08 Å². The van der Waals surface area contributed by atoms with E-state index in [0.29, 0.717) is 11.1 Å². The Kier molecular flexibility index (Phi) is 4.42. The summed E-state index contributed by atoms with van der Waals surface area (Å²) in [5.41, 5.74) is 3.75. The number of carbonyl (C=O) groups is 2. The molecule has 0 aliphatic heterocycles. The molecule has 17 heavy (non-hydrogen) atoms. The molecule has 2 N–H and O–H groups in total. The average molecular weight is 234 g/mol. The quantitative estimate of drug-likeness (QED) is 0.602. The van der Waals surface area contributed by atoms with Crippen LogP contribution >= 0.6 is 0 Å². The zero-order chi connectivity index (χ0) is 12.8. The smallest absolute Gasteiger partial charge is 0.328 e. The number of carboxylic acid groups (broad SMARTS) is 1. The van der Waals surface area contributed by atoms with Crippen LogP contribution in [0.25, 0.3) is 6.08 Å². The van der Waals surface area contributed by atoms with Gasteiger partial charge in [0, 0.05) is 25.7 Å². The zero-order valence-corrected chi connectivity index (χ0v) is 9.68. The molecule has 0 fully saturated rings. The van der Waals surface area contributed by atoms with Gasteiger partial charge in [-0.25, -0.2) is 9.80 Å². The van der Waals surface area contributed by atoms with Crippen LogP contribution in [0.2, 0.25) is 0 Å². The van der Waals surface area contributed by atoms with Crippen LogP contribution in [-0.4, -0.2) is 36.1 Å². The van der Waals surface area contributed by atoms with Crippen LogP contribution in [0.3, 0.4) is 0 Å². The second kappa shape index (κ2) is 5.81. The van der Waals surface area contributed by atoms with Crippen LogP contribution in [0.15, 0.2) is 30.3 Å². The summed E-state index contributed by atoms with van der Waals surface area (Å²) in [7, 11) is 3.43. The fourth-order valence-corrected chi connectivity index (χ4v) is 1.22. The number of aliphatic carboxylic acids is 1.